The molecule has 0 aliphatic carbocycles. The largest absolute Gasteiger partial charge is 0.468 e. The highest BCUT2D eigenvalue weighted by molar-refractivity contribution is 8.03. The molecule has 0 radical (unpaired) electrons. The second-order valence-electron chi connectivity index (χ2n) is 7.25. The highest BCUT2D eigenvalue weighted by Gasteiger charge is 2.44. The number of nitrogens with one attached hydrogen (secondary N) is 2. The van der Waals surface area contributed by atoms with Gasteiger partial charge in [-0.25, -0.2) is 9.18 Å². The van der Waals surface area contributed by atoms with E-state index >= 15 is 0 Å². The molecule has 1 aliphatic heterocycles. The van der Waals surface area contributed by atoms with Crippen LogP contribution in [-0.4, -0.2) is 43.7 Å². The lowest BCUT2D eigenvalue weighted by Gasteiger charge is -2.31. The van der Waals surface area contributed by atoms with Crippen LogP contribution in [0.4, 0.5) is 10.1 Å². The van der Waals surface area contributed by atoms with Crippen LogP contribution in [0.5, 0.6) is 0 Å². The van der Waals surface area contributed by atoms with Gasteiger partial charge in [-0.15, -0.1) is 0 Å². The predicted octanol–water partition coefficient (Wildman–Crippen LogP) is 2.72. The Labute approximate surface area is 204 Å². The van der Waals surface area contributed by atoms with Crippen LogP contribution in [-0.2, 0) is 23.9 Å². The van der Waals surface area contributed by atoms with Crippen molar-refractivity contribution >= 4 is 41.2 Å². The van der Waals surface area contributed by atoms with Crippen molar-refractivity contribution in [2.75, 3.05) is 25.3 Å². The van der Waals surface area contributed by atoms with Crippen LogP contribution in [0.25, 0.3) is 0 Å². The fourth-order valence-corrected chi connectivity index (χ4v) is 4.36. The third-order valence-electron chi connectivity index (χ3n) is 5.17. The fraction of sp³-hybridized carbons (Fsp3) is 0.208. The Bertz CT molecular complexity index is 1240. The predicted molar refractivity (Wildman–Crippen MR) is 124 cm³/mol. The van der Waals surface area contributed by atoms with Crippen LogP contribution in [0.1, 0.15) is 21.8 Å². The van der Waals surface area contributed by atoms with Gasteiger partial charge >= 0.3 is 11.9 Å². The molecule has 2 aromatic rings. The van der Waals surface area contributed by atoms with Crippen molar-refractivity contribution < 1.29 is 33.0 Å². The average Bonchev–Trinajstić information content (AvgIpc) is 2.87. The van der Waals surface area contributed by atoms with Crippen molar-refractivity contribution in [3.63, 3.8) is 0 Å². The van der Waals surface area contributed by atoms with Gasteiger partial charge in [-0.3, -0.25) is 14.4 Å². The molecule has 1 aliphatic rings. The highest BCUT2D eigenvalue weighted by Crippen LogP contribution is 2.40. The minimum absolute atomic E-state index is 0.00501. The Kier molecular flexibility index (Phi) is 8.22. The standard InChI is InChI=1S/C24H20FN3O6S/c1-33-23(31)14-9-7-13(8-10-14)19-15(11-26)22(28-21(30)20(19)24(32)34-2)35-12-18(29)27-17-6-4-3-5-16(17)25/h3-10,19-20H,12H2,1-2H3,(H,27,29)(H,28,30)/t19-,20+/m1/s1. The Morgan fingerprint density at radius 1 is 1.11 bits per heavy atom. The number of rotatable bonds is 7. The van der Waals surface area contributed by atoms with E-state index in [1.807, 2.05) is 6.07 Å². The first-order valence-electron chi connectivity index (χ1n) is 10.2. The summed E-state index contributed by atoms with van der Waals surface area (Å²) in [6.07, 6.45) is 0. The minimum Gasteiger partial charge on any atom is -0.468 e. The van der Waals surface area contributed by atoms with Crippen LogP contribution < -0.4 is 10.6 Å². The summed E-state index contributed by atoms with van der Waals surface area (Å²) in [6, 6.07) is 13.6. The van der Waals surface area contributed by atoms with Crippen LogP contribution >= 0.6 is 11.8 Å². The van der Waals surface area contributed by atoms with Gasteiger partial charge in [0, 0.05) is 5.92 Å². The number of hydrogen-bond acceptors (Lipinski definition) is 8. The van der Waals surface area contributed by atoms with E-state index in [4.69, 9.17) is 4.74 Å². The molecule has 180 valence electrons. The first-order valence-corrected chi connectivity index (χ1v) is 11.2. The lowest BCUT2D eigenvalue weighted by molar-refractivity contribution is -0.150. The van der Waals surface area contributed by atoms with E-state index in [0.29, 0.717) is 5.56 Å². The first-order chi connectivity index (χ1) is 16.8. The first kappa shape index (κ1) is 25.5. The lowest BCUT2D eigenvalue weighted by Crippen LogP contribution is -2.44. The van der Waals surface area contributed by atoms with Crippen molar-refractivity contribution in [3.8, 4) is 6.07 Å². The third-order valence-corrected chi connectivity index (χ3v) is 6.19. The topological polar surface area (TPSA) is 135 Å². The molecule has 0 saturated carbocycles. The van der Waals surface area contributed by atoms with Gasteiger partial charge in [0.1, 0.15) is 11.7 Å². The molecule has 11 heteroatoms. The van der Waals surface area contributed by atoms with Crippen LogP contribution in [0.15, 0.2) is 59.1 Å². The molecular formula is C24H20FN3O6S. The second-order valence-corrected chi connectivity index (χ2v) is 8.24. The van der Waals surface area contributed by atoms with Gasteiger partial charge in [-0.1, -0.05) is 36.0 Å². The molecule has 0 fully saturated rings. The molecule has 35 heavy (non-hydrogen) atoms. The van der Waals surface area contributed by atoms with E-state index < -0.39 is 41.4 Å². The minimum atomic E-state index is -1.37. The smallest absolute Gasteiger partial charge is 0.337 e. The van der Waals surface area contributed by atoms with Gasteiger partial charge in [-0.05, 0) is 29.8 Å². The number of hydrogen-bond donors (Lipinski definition) is 2. The van der Waals surface area contributed by atoms with Gasteiger partial charge in [0.25, 0.3) is 0 Å². The SMILES string of the molecule is COC(=O)c1ccc([C@@H]2C(C#N)=C(SCC(=O)Nc3ccccc3F)NC(=O)[C@H]2C(=O)OC)cc1. The number of ether oxygens (including phenoxy) is 2. The van der Waals surface area contributed by atoms with Gasteiger partial charge in [0.2, 0.25) is 11.8 Å². The maximum absolute atomic E-state index is 13.8. The number of thioether (sulfide) groups is 1. The number of para-hydroxylation sites is 1. The molecule has 0 spiro atoms. The van der Waals surface area contributed by atoms with Gasteiger partial charge in [0.15, 0.2) is 0 Å². The average molecular weight is 498 g/mol. The second kappa shape index (κ2) is 11.3. The summed E-state index contributed by atoms with van der Waals surface area (Å²) in [5.41, 5.74) is 0.686. The monoisotopic (exact) mass is 497 g/mol. The number of methoxy groups -OCH3 is 2. The summed E-state index contributed by atoms with van der Waals surface area (Å²) in [4.78, 5) is 49.4. The molecule has 1 heterocycles. The molecular weight excluding hydrogens is 477 g/mol. The fourth-order valence-electron chi connectivity index (χ4n) is 3.51. The van der Waals surface area contributed by atoms with E-state index in [1.54, 1.807) is 6.07 Å². The summed E-state index contributed by atoms with van der Waals surface area (Å²) in [5, 5.41) is 14.9. The lowest BCUT2D eigenvalue weighted by atomic mass is 9.78. The van der Waals surface area contributed by atoms with E-state index in [0.717, 1.165) is 18.9 Å². The zero-order valence-electron chi connectivity index (χ0n) is 18.7. The molecule has 2 atom stereocenters. The van der Waals surface area contributed by atoms with Crippen molar-refractivity contribution in [1.29, 1.82) is 5.26 Å². The number of carbonyl (C=O) groups excluding carboxylic acids is 4. The number of esters is 2. The van der Waals surface area contributed by atoms with Gasteiger partial charge in [-0.2, -0.15) is 5.26 Å². The Morgan fingerprint density at radius 2 is 1.80 bits per heavy atom. The molecule has 2 amide bonds. The number of carbonyl (C=O) groups is 4. The summed E-state index contributed by atoms with van der Waals surface area (Å²) in [6.45, 7) is 0. The highest BCUT2D eigenvalue weighted by atomic mass is 32.2. The summed E-state index contributed by atoms with van der Waals surface area (Å²) < 4.78 is 23.3. The molecule has 2 N–H and O–H groups in total. The normalized spacial score (nSPS) is 17.1. The Hall–Kier alpha value is -4.17. The molecule has 0 aromatic heterocycles. The Balaban J connectivity index is 1.92. The number of halogens is 1. The van der Waals surface area contributed by atoms with Crippen molar-refractivity contribution in [3.05, 3.63) is 76.1 Å². The zero-order chi connectivity index (χ0) is 25.5. The molecule has 3 rings (SSSR count). The number of benzene rings is 2. The summed E-state index contributed by atoms with van der Waals surface area (Å²) in [5.74, 6) is -5.94. The number of amides is 2. The Morgan fingerprint density at radius 3 is 2.40 bits per heavy atom. The van der Waals surface area contributed by atoms with Crippen molar-refractivity contribution in [1.82, 2.24) is 5.32 Å². The summed E-state index contributed by atoms with van der Waals surface area (Å²) in [7, 11) is 2.36. The third kappa shape index (κ3) is 5.67. The van der Waals surface area contributed by atoms with Crippen LogP contribution in [0.3, 0.4) is 0 Å². The number of nitriles is 1. The van der Waals surface area contributed by atoms with Crippen molar-refractivity contribution in [2.45, 2.75) is 5.92 Å². The van der Waals surface area contributed by atoms with Crippen LogP contribution in [0.2, 0.25) is 0 Å². The van der Waals surface area contributed by atoms with Crippen molar-refractivity contribution in [2.24, 2.45) is 5.92 Å². The van der Waals surface area contributed by atoms with E-state index in [2.05, 4.69) is 15.4 Å². The zero-order valence-corrected chi connectivity index (χ0v) is 19.5. The van der Waals surface area contributed by atoms with E-state index in [-0.39, 0.29) is 27.6 Å². The molecule has 2 aromatic carbocycles. The maximum Gasteiger partial charge on any atom is 0.337 e. The van der Waals surface area contributed by atoms with Gasteiger partial charge < -0.3 is 20.1 Å². The molecule has 0 unspecified atom stereocenters. The maximum atomic E-state index is 13.8. The quantitative estimate of drug-likeness (QED) is 0.441. The summed E-state index contributed by atoms with van der Waals surface area (Å²) >= 11 is 0.863. The molecule has 0 bridgehead atoms. The number of anilines is 1. The van der Waals surface area contributed by atoms with E-state index in [9.17, 15) is 28.8 Å². The van der Waals surface area contributed by atoms with Gasteiger partial charge in [0.05, 0.1) is 47.9 Å². The van der Waals surface area contributed by atoms with E-state index in [1.165, 1.54) is 49.6 Å². The molecule has 0 saturated heterocycles. The number of allylic oxidation sites excluding steroid dienone is 1. The number of nitrogens with zero attached hydrogens (tertiary/aromatic N) is 1. The van der Waals surface area contributed by atoms with Crippen LogP contribution in [0, 0.1) is 23.1 Å². The molecule has 9 nitrogen and oxygen atoms in total.